The molecule has 0 aliphatic heterocycles. The number of hydrogen-bond donors (Lipinski definition) is 0. The molecule has 0 atom stereocenters. The molecule has 1 aliphatic rings. The van der Waals surface area contributed by atoms with Gasteiger partial charge in [-0.05, 0) is 36.3 Å². The van der Waals surface area contributed by atoms with E-state index in [0.717, 1.165) is 30.9 Å². The minimum Gasteiger partial charge on any atom is -0.166 e. The monoisotopic (exact) mass is 262 g/mol. The summed E-state index contributed by atoms with van der Waals surface area (Å²) in [6, 6.07) is 5.57. The Hall–Kier alpha value is -0.700. The van der Waals surface area contributed by atoms with Crippen LogP contribution >= 0.6 is 11.6 Å². The van der Waals surface area contributed by atoms with Crippen molar-refractivity contribution in [2.45, 2.75) is 31.9 Å². The molecule has 1 aromatic carbocycles. The lowest BCUT2D eigenvalue weighted by Gasteiger charge is -2.40. The van der Waals surface area contributed by atoms with Crippen molar-refractivity contribution in [2.24, 2.45) is 5.41 Å². The molecule has 2 rings (SSSR count). The molecule has 1 saturated carbocycles. The van der Waals surface area contributed by atoms with Crippen molar-refractivity contribution in [2.75, 3.05) is 5.88 Å². The second kappa shape index (κ2) is 4.52. The van der Waals surface area contributed by atoms with Crippen molar-refractivity contribution < 1.29 is 13.2 Å². The fraction of sp³-hybridized carbons (Fsp3) is 0.538. The van der Waals surface area contributed by atoms with Gasteiger partial charge in [-0.1, -0.05) is 24.6 Å². The fourth-order valence-corrected chi connectivity index (χ4v) is 2.69. The summed E-state index contributed by atoms with van der Waals surface area (Å²) in [6.45, 7) is 0. The van der Waals surface area contributed by atoms with Crippen LogP contribution in [0, 0.1) is 5.41 Å². The molecule has 0 radical (unpaired) electrons. The highest BCUT2D eigenvalue weighted by molar-refractivity contribution is 6.18. The van der Waals surface area contributed by atoms with Crippen LogP contribution in [0.3, 0.4) is 0 Å². The highest BCUT2D eigenvalue weighted by Crippen LogP contribution is 2.45. The normalized spacial score (nSPS) is 18.8. The van der Waals surface area contributed by atoms with E-state index in [4.69, 9.17) is 11.6 Å². The average Bonchev–Trinajstić information content (AvgIpc) is 2.23. The minimum atomic E-state index is -4.26. The van der Waals surface area contributed by atoms with Gasteiger partial charge in [0, 0.05) is 5.88 Å². The second-order valence-electron chi connectivity index (χ2n) is 4.86. The van der Waals surface area contributed by atoms with Gasteiger partial charge in [0.2, 0.25) is 0 Å². The molecule has 0 spiro atoms. The Morgan fingerprint density at radius 3 is 2.41 bits per heavy atom. The Morgan fingerprint density at radius 2 is 1.94 bits per heavy atom. The number of rotatable bonds is 3. The number of alkyl halides is 4. The summed E-state index contributed by atoms with van der Waals surface area (Å²) in [7, 11) is 0. The van der Waals surface area contributed by atoms with Crippen molar-refractivity contribution in [3.05, 3.63) is 35.4 Å². The summed E-state index contributed by atoms with van der Waals surface area (Å²) in [6.07, 6.45) is -0.435. The van der Waals surface area contributed by atoms with Gasteiger partial charge in [0.1, 0.15) is 0 Å². The summed E-state index contributed by atoms with van der Waals surface area (Å²) >= 11 is 5.92. The van der Waals surface area contributed by atoms with E-state index in [0.29, 0.717) is 12.3 Å². The lowest BCUT2D eigenvalue weighted by Crippen LogP contribution is -2.33. The number of halogens is 4. The maximum atomic E-state index is 12.6. The lowest BCUT2D eigenvalue weighted by molar-refractivity contribution is -0.137. The Kier molecular flexibility index (Phi) is 3.39. The van der Waals surface area contributed by atoms with Crippen LogP contribution in [0.25, 0.3) is 0 Å². The first-order chi connectivity index (χ1) is 7.95. The highest BCUT2D eigenvalue weighted by Gasteiger charge is 2.37. The Balaban J connectivity index is 2.17. The predicted molar refractivity (Wildman–Crippen MR) is 62.2 cm³/mol. The van der Waals surface area contributed by atoms with Crippen LogP contribution in [0.15, 0.2) is 24.3 Å². The van der Waals surface area contributed by atoms with E-state index in [1.165, 1.54) is 12.1 Å². The first kappa shape index (κ1) is 12.7. The van der Waals surface area contributed by atoms with Crippen molar-refractivity contribution in [1.82, 2.24) is 0 Å². The van der Waals surface area contributed by atoms with Crippen LogP contribution in [0.4, 0.5) is 13.2 Å². The Morgan fingerprint density at radius 1 is 1.24 bits per heavy atom. The van der Waals surface area contributed by atoms with E-state index < -0.39 is 11.7 Å². The third kappa shape index (κ3) is 2.76. The van der Waals surface area contributed by atoms with Crippen molar-refractivity contribution >= 4 is 11.6 Å². The first-order valence-corrected chi connectivity index (χ1v) is 6.21. The SMILES string of the molecule is FC(F)(F)c1cccc(CC2(CCl)CCC2)c1. The zero-order chi connectivity index (χ0) is 12.5. The average molecular weight is 263 g/mol. The molecule has 0 nitrogen and oxygen atoms in total. The third-order valence-corrected chi connectivity index (χ3v) is 4.10. The zero-order valence-corrected chi connectivity index (χ0v) is 10.1. The summed E-state index contributed by atoms with van der Waals surface area (Å²) < 4.78 is 37.7. The second-order valence-corrected chi connectivity index (χ2v) is 5.13. The van der Waals surface area contributed by atoms with Crippen LogP contribution in [0.2, 0.25) is 0 Å². The van der Waals surface area contributed by atoms with Crippen LogP contribution in [0.1, 0.15) is 30.4 Å². The van der Waals surface area contributed by atoms with E-state index in [1.54, 1.807) is 6.07 Å². The van der Waals surface area contributed by atoms with Crippen molar-refractivity contribution in [1.29, 1.82) is 0 Å². The highest BCUT2D eigenvalue weighted by atomic mass is 35.5. The fourth-order valence-electron chi connectivity index (χ4n) is 2.33. The van der Waals surface area contributed by atoms with Crippen molar-refractivity contribution in [3.63, 3.8) is 0 Å². The van der Waals surface area contributed by atoms with E-state index >= 15 is 0 Å². The Bertz CT molecular complexity index is 388. The van der Waals surface area contributed by atoms with Crippen LogP contribution in [-0.4, -0.2) is 5.88 Å². The molecule has 0 bridgehead atoms. The lowest BCUT2D eigenvalue weighted by atomic mass is 9.67. The molecule has 1 aromatic rings. The third-order valence-electron chi connectivity index (χ3n) is 3.53. The summed E-state index contributed by atoms with van der Waals surface area (Å²) in [5.41, 5.74) is 0.199. The standard InChI is InChI=1S/C13H14ClF3/c14-9-12(5-2-6-12)8-10-3-1-4-11(7-10)13(15,16)17/h1,3-4,7H,2,5-6,8-9H2. The van der Waals surface area contributed by atoms with Crippen LogP contribution in [-0.2, 0) is 12.6 Å². The maximum Gasteiger partial charge on any atom is 0.416 e. The minimum absolute atomic E-state index is 0.0335. The van der Waals surface area contributed by atoms with Gasteiger partial charge in [-0.25, -0.2) is 0 Å². The van der Waals surface area contributed by atoms with Gasteiger partial charge in [-0.2, -0.15) is 13.2 Å². The van der Waals surface area contributed by atoms with Gasteiger partial charge in [0.15, 0.2) is 0 Å². The number of benzene rings is 1. The molecule has 4 heteroatoms. The molecule has 0 amide bonds. The van der Waals surface area contributed by atoms with Gasteiger partial charge in [-0.15, -0.1) is 11.6 Å². The molecule has 17 heavy (non-hydrogen) atoms. The van der Waals surface area contributed by atoms with E-state index in [-0.39, 0.29) is 5.41 Å². The molecule has 1 fully saturated rings. The van der Waals surface area contributed by atoms with Gasteiger partial charge in [0.25, 0.3) is 0 Å². The van der Waals surface area contributed by atoms with Crippen molar-refractivity contribution in [3.8, 4) is 0 Å². The summed E-state index contributed by atoms with van der Waals surface area (Å²) in [5.74, 6) is 0.531. The molecular formula is C13H14ClF3. The molecular weight excluding hydrogens is 249 g/mol. The van der Waals surface area contributed by atoms with Gasteiger partial charge >= 0.3 is 6.18 Å². The molecule has 1 aliphatic carbocycles. The molecule has 0 saturated heterocycles. The summed E-state index contributed by atoms with van der Waals surface area (Å²) in [4.78, 5) is 0. The molecule has 94 valence electrons. The summed E-state index contributed by atoms with van der Waals surface area (Å²) in [5, 5.41) is 0. The molecule has 0 unspecified atom stereocenters. The topological polar surface area (TPSA) is 0 Å². The van der Waals surface area contributed by atoms with Crippen LogP contribution in [0.5, 0.6) is 0 Å². The molecule has 0 heterocycles. The van der Waals surface area contributed by atoms with E-state index in [1.807, 2.05) is 0 Å². The van der Waals surface area contributed by atoms with Gasteiger partial charge in [-0.3, -0.25) is 0 Å². The van der Waals surface area contributed by atoms with Gasteiger partial charge in [0.05, 0.1) is 5.56 Å². The van der Waals surface area contributed by atoms with Gasteiger partial charge < -0.3 is 0 Å². The first-order valence-electron chi connectivity index (χ1n) is 5.67. The largest absolute Gasteiger partial charge is 0.416 e. The quantitative estimate of drug-likeness (QED) is 0.695. The molecule has 0 N–H and O–H groups in total. The predicted octanol–water partition coefficient (Wildman–Crippen LogP) is 4.66. The zero-order valence-electron chi connectivity index (χ0n) is 9.36. The van der Waals surface area contributed by atoms with E-state index in [9.17, 15) is 13.2 Å². The molecule has 0 aromatic heterocycles. The Labute approximate surface area is 104 Å². The number of hydrogen-bond acceptors (Lipinski definition) is 0. The van der Waals surface area contributed by atoms with Crippen LogP contribution < -0.4 is 0 Å². The van der Waals surface area contributed by atoms with E-state index in [2.05, 4.69) is 0 Å². The smallest absolute Gasteiger partial charge is 0.166 e. The maximum absolute atomic E-state index is 12.6.